The zero-order valence-corrected chi connectivity index (χ0v) is 20.8. The zero-order chi connectivity index (χ0) is 24.5. The van der Waals surface area contributed by atoms with Gasteiger partial charge in [-0.1, -0.05) is 41.0 Å². The van der Waals surface area contributed by atoms with Crippen molar-refractivity contribution < 1.29 is 38.6 Å². The number of halogens is 4. The molecule has 4 aromatic rings. The van der Waals surface area contributed by atoms with E-state index in [1.54, 1.807) is 38.1 Å². The van der Waals surface area contributed by atoms with Gasteiger partial charge in [0.15, 0.2) is 0 Å². The first-order chi connectivity index (χ1) is 16.1. The van der Waals surface area contributed by atoms with Crippen molar-refractivity contribution in [3.8, 4) is 17.3 Å². The Bertz CT molecular complexity index is 1410. The maximum Gasteiger partial charge on any atom is 2.00 e. The molecule has 0 N–H and O–H groups in total. The van der Waals surface area contributed by atoms with Gasteiger partial charge in [-0.25, -0.2) is 0 Å². The average Bonchev–Trinajstić information content (AvgIpc) is 2.84. The van der Waals surface area contributed by atoms with Crippen LogP contribution in [0, 0.1) is 35.1 Å². The molecule has 0 saturated heterocycles. The standard InChI is InChI=1S/C27H17F4N3.Pt/c1-26(2,23-9-4-8-22(33-23)20-13-12-19(28)15-21(20)29)24-10-5-11-25(34-24)27(30,31)18-7-3-6-17(14-18)16-32;/h3-6,8-12,14-15H,1-2H3;/q-2;+2. The molecule has 2 aromatic heterocycles. The SMILES string of the molecule is CC(C)(c1cccc(-c2[c-]cc(F)cc2F)n1)c1cccc(C(F)(F)c2[c-]ccc(C#N)c2)n1.[Pt+2]. The molecule has 0 fully saturated rings. The molecule has 178 valence electrons. The number of nitriles is 1. The summed E-state index contributed by atoms with van der Waals surface area (Å²) in [5.74, 6) is -5.05. The molecule has 4 rings (SSSR count). The Labute approximate surface area is 214 Å². The van der Waals surface area contributed by atoms with Crippen molar-refractivity contribution in [2.24, 2.45) is 0 Å². The van der Waals surface area contributed by atoms with E-state index < -0.39 is 34.2 Å². The molecule has 35 heavy (non-hydrogen) atoms. The average molecular weight is 655 g/mol. The summed E-state index contributed by atoms with van der Waals surface area (Å²) in [6.45, 7) is 3.52. The summed E-state index contributed by atoms with van der Waals surface area (Å²) >= 11 is 0. The smallest absolute Gasteiger partial charge is 0.300 e. The molecule has 0 radical (unpaired) electrons. The van der Waals surface area contributed by atoms with Gasteiger partial charge in [0, 0.05) is 22.7 Å². The van der Waals surface area contributed by atoms with Crippen LogP contribution >= 0.6 is 0 Å². The van der Waals surface area contributed by atoms with Crippen molar-refractivity contribution in [3.63, 3.8) is 0 Å². The molecule has 0 bridgehead atoms. The molecule has 0 atom stereocenters. The van der Waals surface area contributed by atoms with Crippen molar-refractivity contribution >= 4 is 0 Å². The van der Waals surface area contributed by atoms with E-state index >= 15 is 8.78 Å². The number of nitrogens with zero attached hydrogens (tertiary/aromatic N) is 3. The third-order valence-corrected chi connectivity index (χ3v) is 5.48. The third-order valence-electron chi connectivity index (χ3n) is 5.48. The van der Waals surface area contributed by atoms with E-state index in [1.165, 1.54) is 24.3 Å². The fourth-order valence-corrected chi connectivity index (χ4v) is 3.51. The van der Waals surface area contributed by atoms with E-state index in [9.17, 15) is 8.78 Å². The Kier molecular flexibility index (Phi) is 7.57. The van der Waals surface area contributed by atoms with Crippen LogP contribution in [-0.2, 0) is 32.4 Å². The molecule has 0 amide bonds. The van der Waals surface area contributed by atoms with Crippen LogP contribution in [0.5, 0.6) is 0 Å². The van der Waals surface area contributed by atoms with Gasteiger partial charge in [0.2, 0.25) is 0 Å². The number of pyridine rings is 2. The van der Waals surface area contributed by atoms with Crippen molar-refractivity contribution in [1.82, 2.24) is 9.97 Å². The number of hydrogen-bond donors (Lipinski definition) is 0. The van der Waals surface area contributed by atoms with Gasteiger partial charge < -0.3 is 4.98 Å². The molecule has 0 aliphatic heterocycles. The number of rotatable bonds is 5. The van der Waals surface area contributed by atoms with Gasteiger partial charge in [0.1, 0.15) is 5.69 Å². The first kappa shape index (κ1) is 26.2. The van der Waals surface area contributed by atoms with Crippen LogP contribution < -0.4 is 0 Å². The second-order valence-corrected chi connectivity index (χ2v) is 8.16. The first-order valence-corrected chi connectivity index (χ1v) is 10.3. The molecule has 0 aliphatic rings. The second-order valence-electron chi connectivity index (χ2n) is 8.16. The molecule has 2 aromatic carbocycles. The normalized spacial score (nSPS) is 11.5. The van der Waals surface area contributed by atoms with E-state index in [0.29, 0.717) is 11.4 Å². The van der Waals surface area contributed by atoms with Crippen LogP contribution in [0.15, 0.2) is 66.7 Å². The minimum atomic E-state index is -3.49. The predicted octanol–water partition coefficient (Wildman–Crippen LogP) is 6.36. The van der Waals surface area contributed by atoms with E-state index in [1.807, 2.05) is 6.07 Å². The van der Waals surface area contributed by atoms with Gasteiger partial charge in [-0.05, 0) is 37.7 Å². The number of benzene rings is 2. The van der Waals surface area contributed by atoms with Crippen LogP contribution in [0.2, 0.25) is 0 Å². The zero-order valence-electron chi connectivity index (χ0n) is 18.5. The quantitative estimate of drug-likeness (QED) is 0.186. The molecular weight excluding hydrogens is 637 g/mol. The Balaban J connectivity index is 0.00000342. The van der Waals surface area contributed by atoms with Gasteiger partial charge in [0.25, 0.3) is 5.92 Å². The number of hydrogen-bond acceptors (Lipinski definition) is 3. The minimum Gasteiger partial charge on any atom is -0.300 e. The number of alkyl halides is 2. The summed E-state index contributed by atoms with van der Waals surface area (Å²) in [5.41, 5.74) is -0.808. The minimum absolute atomic E-state index is 0. The topological polar surface area (TPSA) is 49.6 Å². The molecule has 2 heterocycles. The molecule has 8 heteroatoms. The van der Waals surface area contributed by atoms with Gasteiger partial charge in [-0.3, -0.25) is 13.8 Å². The monoisotopic (exact) mass is 654 g/mol. The first-order valence-electron chi connectivity index (χ1n) is 10.3. The van der Waals surface area contributed by atoms with Crippen molar-refractivity contribution in [2.45, 2.75) is 25.2 Å². The Morgan fingerprint density at radius 1 is 0.886 bits per heavy atom. The summed E-state index contributed by atoms with van der Waals surface area (Å²) in [6, 6.07) is 21.6. The predicted molar refractivity (Wildman–Crippen MR) is 118 cm³/mol. The summed E-state index contributed by atoms with van der Waals surface area (Å²) in [4.78, 5) is 8.72. The molecule has 0 spiro atoms. The van der Waals surface area contributed by atoms with E-state index in [4.69, 9.17) is 5.26 Å². The Morgan fingerprint density at radius 3 is 2.23 bits per heavy atom. The fourth-order valence-electron chi connectivity index (χ4n) is 3.51. The van der Waals surface area contributed by atoms with Crippen LogP contribution in [0.3, 0.4) is 0 Å². The Hall–Kier alpha value is -3.36. The number of aromatic nitrogens is 2. The molecular formula is C27H17F4N3Pt. The van der Waals surface area contributed by atoms with Crippen molar-refractivity contribution in [2.75, 3.05) is 0 Å². The van der Waals surface area contributed by atoms with Gasteiger partial charge in [-0.2, -0.15) is 32.2 Å². The van der Waals surface area contributed by atoms with Crippen molar-refractivity contribution in [3.05, 3.63) is 119 Å². The van der Waals surface area contributed by atoms with Crippen LogP contribution in [-0.4, -0.2) is 9.97 Å². The second kappa shape index (κ2) is 10.1. The Morgan fingerprint density at radius 2 is 1.54 bits per heavy atom. The summed E-state index contributed by atoms with van der Waals surface area (Å²) in [5, 5.41) is 9.03. The van der Waals surface area contributed by atoms with Crippen molar-refractivity contribution in [1.29, 1.82) is 5.26 Å². The maximum absolute atomic E-state index is 15.2. The molecule has 3 nitrogen and oxygen atoms in total. The van der Waals surface area contributed by atoms with Crippen LogP contribution in [0.4, 0.5) is 17.6 Å². The third kappa shape index (κ3) is 5.18. The van der Waals surface area contributed by atoms with Crippen LogP contribution in [0.1, 0.15) is 42.1 Å². The summed E-state index contributed by atoms with van der Waals surface area (Å²) in [6.07, 6.45) is 0. The fraction of sp³-hybridized carbons (Fsp3) is 0.148. The van der Waals surface area contributed by atoms with Gasteiger partial charge in [-0.15, -0.1) is 18.2 Å². The van der Waals surface area contributed by atoms with Crippen LogP contribution in [0.25, 0.3) is 11.3 Å². The molecule has 0 aliphatic carbocycles. The van der Waals surface area contributed by atoms with Gasteiger partial charge >= 0.3 is 21.1 Å². The van der Waals surface area contributed by atoms with Gasteiger partial charge in [0.05, 0.1) is 11.8 Å². The molecule has 0 unspecified atom stereocenters. The summed E-state index contributed by atoms with van der Waals surface area (Å²) < 4.78 is 58.0. The van der Waals surface area contributed by atoms with E-state index in [-0.39, 0.29) is 37.9 Å². The van der Waals surface area contributed by atoms with E-state index in [0.717, 1.165) is 18.2 Å². The maximum atomic E-state index is 15.2. The largest absolute Gasteiger partial charge is 2.00 e. The van der Waals surface area contributed by atoms with E-state index in [2.05, 4.69) is 22.1 Å². The molecule has 0 saturated carbocycles. The summed E-state index contributed by atoms with van der Waals surface area (Å²) in [7, 11) is 0.